The monoisotopic (exact) mass is 284 g/mol. The highest BCUT2D eigenvalue weighted by molar-refractivity contribution is 7.91. The normalized spacial score (nSPS) is 25.7. The Morgan fingerprint density at radius 3 is 2.58 bits per heavy atom. The van der Waals surface area contributed by atoms with Crippen LogP contribution in [0.4, 0.5) is 5.69 Å². The second-order valence-electron chi connectivity index (χ2n) is 5.31. The fourth-order valence-electron chi connectivity index (χ4n) is 2.33. The number of nitrogens with two attached hydrogens (primary N) is 1. The van der Waals surface area contributed by atoms with E-state index < -0.39 is 9.84 Å². The number of ether oxygens (including phenoxy) is 1. The first-order valence-corrected chi connectivity index (χ1v) is 8.00. The number of rotatable bonds is 3. The molecule has 2 rings (SSSR count). The van der Waals surface area contributed by atoms with E-state index in [1.165, 1.54) is 0 Å². The molecule has 1 fully saturated rings. The fourth-order valence-corrected chi connectivity index (χ4v) is 4.29. The molecule has 1 aromatic carbocycles. The van der Waals surface area contributed by atoms with E-state index in [0.29, 0.717) is 11.4 Å². The number of hydrogen-bond acceptors (Lipinski definition) is 5. The smallest absolute Gasteiger partial charge is 0.155 e. The minimum Gasteiger partial charge on any atom is -0.486 e. The Morgan fingerprint density at radius 2 is 2.00 bits per heavy atom. The van der Waals surface area contributed by atoms with Crippen LogP contribution in [0.2, 0.25) is 0 Å². The minimum absolute atomic E-state index is 0.0448. The van der Waals surface area contributed by atoms with Crippen LogP contribution in [0.1, 0.15) is 5.56 Å². The SMILES string of the molecule is Cc1ccc(OC2CS(=O)(=O)CC2N(C)C)c(N)c1. The lowest BCUT2D eigenvalue weighted by Gasteiger charge is -2.25. The molecule has 0 saturated carbocycles. The van der Waals surface area contributed by atoms with Gasteiger partial charge in [-0.1, -0.05) is 6.07 Å². The Labute approximate surface area is 114 Å². The van der Waals surface area contributed by atoms with Gasteiger partial charge >= 0.3 is 0 Å². The summed E-state index contributed by atoms with van der Waals surface area (Å²) < 4.78 is 29.3. The molecule has 1 saturated heterocycles. The van der Waals surface area contributed by atoms with Crippen LogP contribution in [0, 0.1) is 6.92 Å². The first-order valence-electron chi connectivity index (χ1n) is 6.18. The predicted molar refractivity (Wildman–Crippen MR) is 76.1 cm³/mol. The van der Waals surface area contributed by atoms with Gasteiger partial charge in [-0.3, -0.25) is 0 Å². The second kappa shape index (κ2) is 5.02. The van der Waals surface area contributed by atoms with Gasteiger partial charge < -0.3 is 15.4 Å². The third-order valence-electron chi connectivity index (χ3n) is 3.38. The van der Waals surface area contributed by atoms with Crippen LogP contribution in [-0.4, -0.2) is 51.1 Å². The highest BCUT2D eigenvalue weighted by Crippen LogP contribution is 2.27. The molecule has 2 unspecified atom stereocenters. The summed E-state index contributed by atoms with van der Waals surface area (Å²) in [7, 11) is 0.685. The van der Waals surface area contributed by atoms with Crippen molar-refractivity contribution in [3.63, 3.8) is 0 Å². The molecule has 2 N–H and O–H groups in total. The van der Waals surface area contributed by atoms with E-state index in [-0.39, 0.29) is 23.7 Å². The molecule has 0 amide bonds. The molecule has 19 heavy (non-hydrogen) atoms. The molecule has 6 heteroatoms. The van der Waals surface area contributed by atoms with E-state index in [1.54, 1.807) is 6.07 Å². The van der Waals surface area contributed by atoms with Crippen LogP contribution >= 0.6 is 0 Å². The van der Waals surface area contributed by atoms with Gasteiger partial charge in [0, 0.05) is 0 Å². The molecule has 0 radical (unpaired) electrons. The Morgan fingerprint density at radius 1 is 1.32 bits per heavy atom. The molecule has 106 valence electrons. The van der Waals surface area contributed by atoms with Gasteiger partial charge in [0.2, 0.25) is 0 Å². The molecule has 0 bridgehead atoms. The lowest BCUT2D eigenvalue weighted by atomic mass is 10.2. The highest BCUT2D eigenvalue weighted by Gasteiger charge is 2.40. The summed E-state index contributed by atoms with van der Waals surface area (Å²) >= 11 is 0. The van der Waals surface area contributed by atoms with Gasteiger partial charge in [0.05, 0.1) is 23.2 Å². The zero-order chi connectivity index (χ0) is 14.2. The molecule has 0 aromatic heterocycles. The van der Waals surface area contributed by atoms with Gasteiger partial charge in [-0.05, 0) is 38.7 Å². The van der Waals surface area contributed by atoms with Crippen molar-refractivity contribution in [1.82, 2.24) is 4.90 Å². The molecule has 1 aliphatic rings. The van der Waals surface area contributed by atoms with E-state index in [0.717, 1.165) is 5.56 Å². The third-order valence-corrected chi connectivity index (χ3v) is 5.06. The summed E-state index contributed by atoms with van der Waals surface area (Å²) in [5.41, 5.74) is 7.49. The molecule has 1 aliphatic heterocycles. The quantitative estimate of drug-likeness (QED) is 0.827. The van der Waals surface area contributed by atoms with E-state index in [2.05, 4.69) is 0 Å². The molecule has 1 heterocycles. The van der Waals surface area contributed by atoms with Crippen LogP contribution in [-0.2, 0) is 9.84 Å². The van der Waals surface area contributed by atoms with Crippen molar-refractivity contribution in [2.75, 3.05) is 31.3 Å². The van der Waals surface area contributed by atoms with E-state index in [1.807, 2.05) is 38.1 Å². The van der Waals surface area contributed by atoms with Crippen LogP contribution in [0.25, 0.3) is 0 Å². The Hall–Kier alpha value is -1.27. The topological polar surface area (TPSA) is 72.6 Å². The highest BCUT2D eigenvalue weighted by atomic mass is 32.2. The molecular weight excluding hydrogens is 264 g/mol. The summed E-state index contributed by atoms with van der Waals surface area (Å²) in [6.07, 6.45) is -0.370. The average molecular weight is 284 g/mol. The summed E-state index contributed by atoms with van der Waals surface area (Å²) in [6, 6.07) is 5.39. The van der Waals surface area contributed by atoms with Crippen molar-refractivity contribution in [2.45, 2.75) is 19.1 Å². The maximum atomic E-state index is 11.7. The Bertz CT molecular complexity index is 569. The zero-order valence-corrected chi connectivity index (χ0v) is 12.3. The average Bonchev–Trinajstić information content (AvgIpc) is 2.58. The van der Waals surface area contributed by atoms with Crippen molar-refractivity contribution in [3.05, 3.63) is 23.8 Å². The lowest BCUT2D eigenvalue weighted by Crippen LogP contribution is -2.41. The van der Waals surface area contributed by atoms with Crippen LogP contribution in [0.15, 0.2) is 18.2 Å². The number of likely N-dealkylation sites (N-methyl/N-ethyl adjacent to an activating group) is 1. The van der Waals surface area contributed by atoms with Gasteiger partial charge in [-0.15, -0.1) is 0 Å². The van der Waals surface area contributed by atoms with Crippen LogP contribution in [0.5, 0.6) is 5.75 Å². The van der Waals surface area contributed by atoms with Crippen molar-refractivity contribution in [3.8, 4) is 5.75 Å². The van der Waals surface area contributed by atoms with Crippen molar-refractivity contribution in [1.29, 1.82) is 0 Å². The maximum absolute atomic E-state index is 11.7. The second-order valence-corrected chi connectivity index (χ2v) is 7.46. The number of nitrogen functional groups attached to an aromatic ring is 1. The zero-order valence-electron chi connectivity index (χ0n) is 11.5. The van der Waals surface area contributed by atoms with Gasteiger partial charge in [0.25, 0.3) is 0 Å². The first-order chi connectivity index (χ1) is 8.78. The molecule has 0 spiro atoms. The van der Waals surface area contributed by atoms with Crippen LogP contribution < -0.4 is 10.5 Å². The third kappa shape index (κ3) is 3.19. The number of aryl methyl sites for hydroxylation is 1. The Kier molecular flexibility index (Phi) is 3.73. The Balaban J connectivity index is 2.21. The van der Waals surface area contributed by atoms with E-state index in [9.17, 15) is 8.42 Å². The number of nitrogens with zero attached hydrogens (tertiary/aromatic N) is 1. The van der Waals surface area contributed by atoms with Crippen molar-refractivity contribution < 1.29 is 13.2 Å². The molecular formula is C13H20N2O3S. The number of hydrogen-bond donors (Lipinski definition) is 1. The minimum atomic E-state index is -3.04. The van der Waals surface area contributed by atoms with Crippen molar-refractivity contribution in [2.24, 2.45) is 0 Å². The summed E-state index contributed by atoms with van der Waals surface area (Å²) in [5, 5.41) is 0. The summed E-state index contributed by atoms with van der Waals surface area (Å²) in [5.74, 6) is 0.735. The summed E-state index contributed by atoms with van der Waals surface area (Å²) in [6.45, 7) is 1.95. The number of benzene rings is 1. The fraction of sp³-hybridized carbons (Fsp3) is 0.538. The molecule has 5 nitrogen and oxygen atoms in total. The molecule has 0 aliphatic carbocycles. The number of anilines is 1. The van der Waals surface area contributed by atoms with Gasteiger partial charge in [0.1, 0.15) is 11.9 Å². The van der Waals surface area contributed by atoms with Gasteiger partial charge in [-0.25, -0.2) is 8.42 Å². The van der Waals surface area contributed by atoms with E-state index >= 15 is 0 Å². The number of sulfone groups is 1. The van der Waals surface area contributed by atoms with Gasteiger partial charge in [0.15, 0.2) is 9.84 Å². The maximum Gasteiger partial charge on any atom is 0.155 e. The summed E-state index contributed by atoms with van der Waals surface area (Å²) in [4.78, 5) is 1.89. The predicted octanol–water partition coefficient (Wildman–Crippen LogP) is 0.683. The van der Waals surface area contributed by atoms with E-state index in [4.69, 9.17) is 10.5 Å². The lowest BCUT2D eigenvalue weighted by molar-refractivity contribution is 0.136. The largest absolute Gasteiger partial charge is 0.486 e. The van der Waals surface area contributed by atoms with Gasteiger partial charge in [-0.2, -0.15) is 0 Å². The standard InChI is InChI=1S/C13H20N2O3S/c1-9-4-5-12(10(14)6-9)18-13-8-19(16,17)7-11(13)15(2)3/h4-6,11,13H,7-8,14H2,1-3H3. The molecule has 2 atom stereocenters. The molecule has 1 aromatic rings. The van der Waals surface area contributed by atoms with Crippen LogP contribution in [0.3, 0.4) is 0 Å². The first kappa shape index (κ1) is 14.1. The van der Waals surface area contributed by atoms with Crippen molar-refractivity contribution >= 4 is 15.5 Å².